The van der Waals surface area contributed by atoms with Gasteiger partial charge in [0, 0.05) is 25.2 Å². The van der Waals surface area contributed by atoms with Gasteiger partial charge in [0.25, 0.3) is 0 Å². The number of carbonyl (C=O) groups is 1. The molecule has 28 heavy (non-hydrogen) atoms. The van der Waals surface area contributed by atoms with Crippen LogP contribution in [-0.4, -0.2) is 20.9 Å². The molecule has 0 aliphatic carbocycles. The summed E-state index contributed by atoms with van der Waals surface area (Å²) in [5.41, 5.74) is 0.345. The molecule has 5 nitrogen and oxygen atoms in total. The van der Waals surface area contributed by atoms with Gasteiger partial charge in [-0.15, -0.1) is 0 Å². The number of anilines is 1. The molecule has 0 spiro atoms. The van der Waals surface area contributed by atoms with Crippen molar-refractivity contribution >= 4 is 21.6 Å². The van der Waals surface area contributed by atoms with Crippen LogP contribution in [0.3, 0.4) is 0 Å². The number of halogens is 3. The van der Waals surface area contributed by atoms with E-state index in [2.05, 4.69) is 4.72 Å². The number of alkyl halides is 3. The van der Waals surface area contributed by atoms with Crippen LogP contribution in [-0.2, 0) is 27.5 Å². The van der Waals surface area contributed by atoms with Crippen LogP contribution in [0.5, 0.6) is 0 Å². The van der Waals surface area contributed by atoms with Gasteiger partial charge in [-0.3, -0.25) is 4.79 Å². The Labute approximate surface area is 161 Å². The van der Waals surface area contributed by atoms with E-state index in [0.29, 0.717) is 24.6 Å². The fourth-order valence-corrected chi connectivity index (χ4v) is 4.09. The number of benzene rings is 2. The maximum Gasteiger partial charge on any atom is 0.416 e. The summed E-state index contributed by atoms with van der Waals surface area (Å²) in [6.45, 7) is 1.85. The number of nitrogens with one attached hydrogen (secondary N) is 1. The number of nitrogens with zero attached hydrogens (tertiary/aromatic N) is 1. The first-order valence-corrected chi connectivity index (χ1v) is 10.1. The Kier molecular flexibility index (Phi) is 5.49. The molecule has 0 atom stereocenters. The number of rotatable bonds is 5. The lowest BCUT2D eigenvalue weighted by Gasteiger charge is -2.16. The van der Waals surface area contributed by atoms with Crippen LogP contribution in [0.15, 0.2) is 47.4 Å². The average Bonchev–Trinajstić information content (AvgIpc) is 3.06. The zero-order valence-corrected chi connectivity index (χ0v) is 15.9. The highest BCUT2D eigenvalue weighted by molar-refractivity contribution is 7.89. The van der Waals surface area contributed by atoms with Gasteiger partial charge < -0.3 is 4.90 Å². The monoisotopic (exact) mass is 412 g/mol. The van der Waals surface area contributed by atoms with Crippen molar-refractivity contribution in [2.75, 3.05) is 11.4 Å². The number of sulfonamides is 1. The van der Waals surface area contributed by atoms with Crippen LogP contribution in [0, 0.1) is 6.92 Å². The van der Waals surface area contributed by atoms with Gasteiger partial charge in [0.1, 0.15) is 0 Å². The van der Waals surface area contributed by atoms with Crippen LogP contribution >= 0.6 is 0 Å². The van der Waals surface area contributed by atoms with E-state index >= 15 is 0 Å². The molecule has 0 unspecified atom stereocenters. The molecule has 2 aromatic rings. The fourth-order valence-electron chi connectivity index (χ4n) is 3.05. The summed E-state index contributed by atoms with van der Waals surface area (Å²) in [6.07, 6.45) is -3.31. The highest BCUT2D eigenvalue weighted by atomic mass is 32.2. The lowest BCUT2D eigenvalue weighted by molar-refractivity contribution is -0.138. The van der Waals surface area contributed by atoms with Gasteiger partial charge in [-0.1, -0.05) is 18.2 Å². The van der Waals surface area contributed by atoms with Gasteiger partial charge in [-0.25, -0.2) is 13.1 Å². The van der Waals surface area contributed by atoms with E-state index < -0.39 is 26.7 Å². The Morgan fingerprint density at radius 1 is 1.11 bits per heavy atom. The third-order valence-electron chi connectivity index (χ3n) is 4.61. The minimum Gasteiger partial charge on any atom is -0.312 e. The molecule has 1 aliphatic rings. The Hall–Kier alpha value is -2.39. The summed E-state index contributed by atoms with van der Waals surface area (Å²) >= 11 is 0. The molecule has 1 saturated heterocycles. The van der Waals surface area contributed by atoms with Gasteiger partial charge in [-0.05, 0) is 48.7 Å². The number of aryl methyl sites for hydroxylation is 1. The molecule has 150 valence electrons. The summed E-state index contributed by atoms with van der Waals surface area (Å²) < 4.78 is 66.1. The minimum absolute atomic E-state index is 0.0431. The predicted molar refractivity (Wildman–Crippen MR) is 98.2 cm³/mol. The first-order chi connectivity index (χ1) is 13.1. The van der Waals surface area contributed by atoms with Crippen LogP contribution in [0.2, 0.25) is 0 Å². The van der Waals surface area contributed by atoms with Crippen LogP contribution in [0.1, 0.15) is 29.5 Å². The second-order valence-electron chi connectivity index (χ2n) is 6.61. The van der Waals surface area contributed by atoms with Gasteiger partial charge in [0.15, 0.2) is 0 Å². The Balaban J connectivity index is 1.72. The van der Waals surface area contributed by atoms with Crippen molar-refractivity contribution in [3.8, 4) is 0 Å². The van der Waals surface area contributed by atoms with Gasteiger partial charge in [0.05, 0.1) is 10.5 Å². The van der Waals surface area contributed by atoms with Gasteiger partial charge in [-0.2, -0.15) is 13.2 Å². The number of amides is 1. The molecular weight excluding hydrogens is 393 g/mol. The van der Waals surface area contributed by atoms with Crippen LogP contribution < -0.4 is 9.62 Å². The second kappa shape index (κ2) is 7.56. The van der Waals surface area contributed by atoms with Gasteiger partial charge in [0.2, 0.25) is 15.9 Å². The minimum atomic E-state index is -4.63. The summed E-state index contributed by atoms with van der Waals surface area (Å²) in [4.78, 5) is 13.0. The molecule has 1 amide bonds. The largest absolute Gasteiger partial charge is 0.416 e. The highest BCUT2D eigenvalue weighted by Gasteiger charge is 2.33. The molecule has 2 aromatic carbocycles. The van der Waals surface area contributed by atoms with Crippen molar-refractivity contribution in [3.05, 3.63) is 59.2 Å². The Morgan fingerprint density at radius 3 is 2.36 bits per heavy atom. The second-order valence-corrected chi connectivity index (χ2v) is 8.38. The summed E-state index contributed by atoms with van der Waals surface area (Å²) in [5, 5.41) is 0. The molecule has 0 radical (unpaired) electrons. The first kappa shape index (κ1) is 20.3. The van der Waals surface area contributed by atoms with E-state index in [4.69, 9.17) is 0 Å². The fraction of sp³-hybridized carbons (Fsp3) is 0.316. The highest BCUT2D eigenvalue weighted by Crippen LogP contribution is 2.33. The molecule has 1 N–H and O–H groups in total. The quantitative estimate of drug-likeness (QED) is 0.816. The maximum absolute atomic E-state index is 13.0. The molecule has 1 aliphatic heterocycles. The third kappa shape index (κ3) is 4.36. The van der Waals surface area contributed by atoms with Crippen LogP contribution in [0.4, 0.5) is 18.9 Å². The van der Waals surface area contributed by atoms with E-state index in [0.717, 1.165) is 24.2 Å². The van der Waals surface area contributed by atoms with Gasteiger partial charge >= 0.3 is 6.18 Å². The van der Waals surface area contributed by atoms with Crippen molar-refractivity contribution in [1.29, 1.82) is 0 Å². The van der Waals surface area contributed by atoms with E-state index in [1.807, 2.05) is 0 Å². The Morgan fingerprint density at radius 2 is 1.79 bits per heavy atom. The van der Waals surface area contributed by atoms with Crippen molar-refractivity contribution in [2.45, 2.75) is 37.4 Å². The molecule has 0 bridgehead atoms. The zero-order valence-electron chi connectivity index (χ0n) is 15.1. The number of hydrogen-bond donors (Lipinski definition) is 1. The molecular formula is C19H19F3N2O3S. The van der Waals surface area contributed by atoms with E-state index in [-0.39, 0.29) is 18.0 Å². The first-order valence-electron chi connectivity index (χ1n) is 8.65. The van der Waals surface area contributed by atoms with Crippen LogP contribution in [0.25, 0.3) is 0 Å². The Bertz CT molecular complexity index is 986. The lowest BCUT2D eigenvalue weighted by Crippen LogP contribution is -2.25. The number of carbonyl (C=O) groups excluding carboxylic acids is 1. The average molecular weight is 412 g/mol. The summed E-state index contributed by atoms with van der Waals surface area (Å²) in [6, 6.07) is 9.73. The zero-order chi connectivity index (χ0) is 20.5. The van der Waals surface area contributed by atoms with E-state index in [1.54, 1.807) is 29.2 Å². The normalized spacial score (nSPS) is 15.3. The van der Waals surface area contributed by atoms with E-state index in [9.17, 15) is 26.4 Å². The molecule has 1 heterocycles. The van der Waals surface area contributed by atoms with Crippen molar-refractivity contribution in [3.63, 3.8) is 0 Å². The maximum atomic E-state index is 13.0. The SMILES string of the molecule is Cc1ccc(S(=O)(=O)NCc2ccc(N3CCCC3=O)cc2)cc1C(F)(F)F. The summed E-state index contributed by atoms with van der Waals surface area (Å²) in [7, 11) is -4.11. The third-order valence-corrected chi connectivity index (χ3v) is 6.01. The lowest BCUT2D eigenvalue weighted by atomic mass is 10.1. The summed E-state index contributed by atoms with van der Waals surface area (Å²) in [5.74, 6) is 0.0493. The van der Waals surface area contributed by atoms with Crippen molar-refractivity contribution < 1.29 is 26.4 Å². The standard InChI is InChI=1S/C19H19F3N2O3S/c1-13-4-9-16(11-17(13)19(20,21)22)28(26,27)23-12-14-5-7-15(8-6-14)24-10-2-3-18(24)25/h4-9,11,23H,2-3,10,12H2,1H3. The van der Waals surface area contributed by atoms with E-state index in [1.165, 1.54) is 6.92 Å². The molecule has 1 fully saturated rings. The molecule has 0 saturated carbocycles. The topological polar surface area (TPSA) is 66.5 Å². The molecule has 3 rings (SSSR count). The molecule has 0 aromatic heterocycles. The predicted octanol–water partition coefficient (Wildman–Crippen LogP) is 3.62. The smallest absolute Gasteiger partial charge is 0.312 e. The van der Waals surface area contributed by atoms with Crippen molar-refractivity contribution in [2.24, 2.45) is 0 Å². The molecule has 9 heteroatoms. The van der Waals surface area contributed by atoms with Crippen molar-refractivity contribution in [1.82, 2.24) is 4.72 Å². The number of hydrogen-bond acceptors (Lipinski definition) is 3.